The molecule has 0 amide bonds. The van der Waals surface area contributed by atoms with Crippen LogP contribution in [0.4, 0.5) is 11.4 Å². The molecule has 5 rings (SSSR count). The number of carboxylic acids is 1. The molecule has 2 atom stereocenters. The van der Waals surface area contributed by atoms with E-state index in [1.165, 1.54) is 0 Å². The van der Waals surface area contributed by atoms with Crippen molar-refractivity contribution in [3.8, 4) is 0 Å². The summed E-state index contributed by atoms with van der Waals surface area (Å²) in [5, 5.41) is 29.4. The fourth-order valence-electron chi connectivity index (χ4n) is 6.19. The van der Waals surface area contributed by atoms with E-state index in [4.69, 9.17) is 5.26 Å². The molecule has 8 nitrogen and oxygen atoms in total. The Morgan fingerprint density at radius 1 is 1.11 bits per heavy atom. The second-order valence-electron chi connectivity index (χ2n) is 11.4. The first-order valence-corrected chi connectivity index (χ1v) is 12.6. The highest BCUT2D eigenvalue weighted by Gasteiger charge is 2.49. The highest BCUT2D eigenvalue weighted by Crippen LogP contribution is 2.49. The van der Waals surface area contributed by atoms with Crippen LogP contribution in [0.5, 0.6) is 0 Å². The lowest BCUT2D eigenvalue weighted by Gasteiger charge is -2.35. The summed E-state index contributed by atoms with van der Waals surface area (Å²) in [6.07, 6.45) is 2.69. The number of carboxylic acid groups (broad SMARTS) is 1. The first-order chi connectivity index (χ1) is 17.8. The number of benzene rings is 2. The van der Waals surface area contributed by atoms with Crippen molar-refractivity contribution < 1.29 is 34.5 Å². The van der Waals surface area contributed by atoms with E-state index >= 15 is 0 Å². The second-order valence-corrected chi connectivity index (χ2v) is 11.4. The van der Waals surface area contributed by atoms with E-state index in [1.54, 1.807) is 18.2 Å². The number of nitrogens with zero attached hydrogens (tertiary/aromatic N) is 2. The van der Waals surface area contributed by atoms with Gasteiger partial charge >= 0.3 is 5.97 Å². The van der Waals surface area contributed by atoms with Crippen molar-refractivity contribution in [3.63, 3.8) is 0 Å². The molecule has 38 heavy (non-hydrogen) atoms. The normalized spacial score (nSPS) is 25.2. The Kier molecular flexibility index (Phi) is 5.98. The Hall–Kier alpha value is -3.59. The molecule has 3 aliphatic rings. The Labute approximate surface area is 221 Å². The van der Waals surface area contributed by atoms with Crippen molar-refractivity contribution in [2.24, 2.45) is 5.92 Å². The maximum absolute atomic E-state index is 13.4. The van der Waals surface area contributed by atoms with Crippen molar-refractivity contribution in [3.05, 3.63) is 82.1 Å². The lowest BCUT2D eigenvalue weighted by molar-refractivity contribution is -0.401. The van der Waals surface area contributed by atoms with Gasteiger partial charge in [-0.3, -0.25) is 10.1 Å². The van der Waals surface area contributed by atoms with Gasteiger partial charge in [-0.1, -0.05) is 19.9 Å². The van der Waals surface area contributed by atoms with Crippen molar-refractivity contribution in [2.45, 2.75) is 51.2 Å². The Morgan fingerprint density at radius 3 is 2.45 bits per heavy atom. The molecule has 0 spiro atoms. The maximum atomic E-state index is 13.4. The number of likely N-dealkylation sites (N-methyl/N-ethyl adjacent to an activating group) is 1. The molecule has 8 heteroatoms. The zero-order valence-electron chi connectivity index (χ0n) is 22.4. The van der Waals surface area contributed by atoms with Gasteiger partial charge in [-0.15, -0.1) is 0 Å². The number of Topliss-reactive ketones (excluding diaryl/α,β-unsaturated/α-hetero) is 1. The van der Waals surface area contributed by atoms with Gasteiger partial charge in [0.2, 0.25) is 5.69 Å². The van der Waals surface area contributed by atoms with Gasteiger partial charge < -0.3 is 15.1 Å². The largest absolute Gasteiger partial charge is 0.478 e. The zero-order chi connectivity index (χ0) is 27.7. The van der Waals surface area contributed by atoms with E-state index in [0.29, 0.717) is 5.57 Å². The van der Waals surface area contributed by atoms with E-state index in [9.17, 15) is 19.8 Å². The average Bonchev–Trinajstić information content (AvgIpc) is 3.18. The fourth-order valence-corrected chi connectivity index (χ4v) is 6.19. The molecule has 2 aliphatic heterocycles. The van der Waals surface area contributed by atoms with Crippen LogP contribution < -0.4 is 4.90 Å². The molecule has 0 radical (unpaired) electrons. The van der Waals surface area contributed by atoms with Gasteiger partial charge in [-0.25, -0.2) is 9.68 Å². The number of rotatable bonds is 5. The molecular weight excluding hydrogens is 484 g/mol. The van der Waals surface area contributed by atoms with Crippen LogP contribution in [-0.2, 0) is 27.1 Å². The lowest BCUT2D eigenvalue weighted by atomic mass is 9.71. The quantitative estimate of drug-likeness (QED) is 0.236. The standard InChI is InChI=1S/C30H32N2O6/c1-29(2)20-11-16(15-38-37)7-9-22(20)31(5)24(29)13-18-26(33)19(27(18)34)14-25-30(3,4)21-12-17(28(35)36)8-10-23(21)32(25)6/h7-14,19,26,33H,15H2,1-6H3,(H-,35,36,37)/p+1. The number of aliphatic hydroxyl groups excluding tert-OH is 1. The molecule has 2 aromatic carbocycles. The van der Waals surface area contributed by atoms with Crippen molar-refractivity contribution >= 4 is 28.8 Å². The molecule has 2 unspecified atom stereocenters. The molecule has 1 aliphatic carbocycles. The SMILES string of the molecule is CN1C(=CC2C(=O)C(=CC3=[N+](C)c4ccc(COO)cc4C3(C)C)C2O)C(C)(C)c2cc(C(=O)O)ccc21. The molecule has 2 heterocycles. The van der Waals surface area contributed by atoms with Crippen LogP contribution in [0.3, 0.4) is 0 Å². The number of carbonyl (C=O) groups excluding carboxylic acids is 1. The molecule has 0 aromatic heterocycles. The summed E-state index contributed by atoms with van der Waals surface area (Å²) >= 11 is 0. The van der Waals surface area contributed by atoms with Gasteiger partial charge in [-0.2, -0.15) is 4.58 Å². The number of ketones is 1. The van der Waals surface area contributed by atoms with Gasteiger partial charge in [0.25, 0.3) is 0 Å². The van der Waals surface area contributed by atoms with Gasteiger partial charge in [0, 0.05) is 47.1 Å². The molecule has 1 fully saturated rings. The molecule has 2 aromatic rings. The minimum Gasteiger partial charge on any atom is -0.478 e. The lowest BCUT2D eigenvalue weighted by Crippen LogP contribution is -2.46. The van der Waals surface area contributed by atoms with E-state index in [-0.39, 0.29) is 18.0 Å². The Morgan fingerprint density at radius 2 is 1.82 bits per heavy atom. The third-order valence-corrected chi connectivity index (χ3v) is 8.48. The summed E-state index contributed by atoms with van der Waals surface area (Å²) in [5.41, 5.74) is 6.02. The zero-order valence-corrected chi connectivity index (χ0v) is 22.4. The van der Waals surface area contributed by atoms with Crippen molar-refractivity contribution in [1.29, 1.82) is 0 Å². The molecule has 3 N–H and O–H groups in total. The van der Waals surface area contributed by atoms with Gasteiger partial charge in [0.15, 0.2) is 11.5 Å². The van der Waals surface area contributed by atoms with Gasteiger partial charge in [0.1, 0.15) is 13.7 Å². The summed E-state index contributed by atoms with van der Waals surface area (Å²) in [7, 11) is 3.83. The minimum absolute atomic E-state index is 0.0866. The number of aliphatic hydroxyl groups is 1. The summed E-state index contributed by atoms with van der Waals surface area (Å²) < 4.78 is 2.03. The number of hydrogen-bond acceptors (Lipinski definition) is 6. The van der Waals surface area contributed by atoms with Crippen LogP contribution in [-0.4, -0.2) is 57.7 Å². The van der Waals surface area contributed by atoms with Crippen LogP contribution in [0.15, 0.2) is 59.8 Å². The Bertz CT molecular complexity index is 1480. The maximum Gasteiger partial charge on any atom is 0.335 e. The van der Waals surface area contributed by atoms with Crippen LogP contribution >= 0.6 is 0 Å². The summed E-state index contributed by atoms with van der Waals surface area (Å²) in [5.74, 6) is -1.80. The van der Waals surface area contributed by atoms with Gasteiger partial charge in [-0.05, 0) is 55.3 Å². The molecular formula is C30H33N2O6+. The van der Waals surface area contributed by atoms with Crippen molar-refractivity contribution in [2.75, 3.05) is 19.0 Å². The number of fused-ring (bicyclic) bond motifs is 2. The molecule has 0 saturated heterocycles. The minimum atomic E-state index is -0.986. The Balaban J connectivity index is 1.45. The van der Waals surface area contributed by atoms with E-state index in [1.807, 2.05) is 67.8 Å². The molecule has 198 valence electrons. The number of aromatic carboxylic acids is 1. The summed E-state index contributed by atoms with van der Waals surface area (Å²) in [4.78, 5) is 31.2. The van der Waals surface area contributed by atoms with E-state index in [2.05, 4.69) is 18.7 Å². The summed E-state index contributed by atoms with van der Waals surface area (Å²) in [6.45, 7) is 8.22. The number of hydrogen-bond donors (Lipinski definition) is 3. The smallest absolute Gasteiger partial charge is 0.335 e. The molecule has 0 bridgehead atoms. The number of allylic oxidation sites excluding steroid dienone is 2. The molecule has 1 saturated carbocycles. The number of anilines is 1. The van der Waals surface area contributed by atoms with Crippen LogP contribution in [0.25, 0.3) is 0 Å². The second kappa shape index (κ2) is 8.73. The predicted octanol–water partition coefficient (Wildman–Crippen LogP) is 4.18. The topological polar surface area (TPSA) is 110 Å². The highest BCUT2D eigenvalue weighted by molar-refractivity contribution is 6.14. The highest BCUT2D eigenvalue weighted by atomic mass is 17.1. The first kappa shape index (κ1) is 26.0. The van der Waals surface area contributed by atoms with E-state index in [0.717, 1.165) is 39.5 Å². The van der Waals surface area contributed by atoms with Crippen LogP contribution in [0.2, 0.25) is 0 Å². The van der Waals surface area contributed by atoms with Crippen LogP contribution in [0, 0.1) is 5.92 Å². The summed E-state index contributed by atoms with van der Waals surface area (Å²) in [6, 6.07) is 10.9. The third kappa shape index (κ3) is 3.66. The van der Waals surface area contributed by atoms with Gasteiger partial charge in [0.05, 0.1) is 23.0 Å². The predicted molar refractivity (Wildman–Crippen MR) is 143 cm³/mol. The number of carbonyl (C=O) groups is 2. The average molecular weight is 518 g/mol. The van der Waals surface area contributed by atoms with E-state index < -0.39 is 28.8 Å². The fraction of sp³-hybridized carbons (Fsp3) is 0.367. The first-order valence-electron chi connectivity index (χ1n) is 12.6. The monoisotopic (exact) mass is 517 g/mol. The van der Waals surface area contributed by atoms with Crippen molar-refractivity contribution in [1.82, 2.24) is 0 Å². The third-order valence-electron chi connectivity index (χ3n) is 8.48. The van der Waals surface area contributed by atoms with Crippen LogP contribution in [0.1, 0.15) is 54.7 Å².